The molecule has 0 aliphatic carbocycles. The first-order valence-electron chi connectivity index (χ1n) is 11.0. The number of nitrogens with zero attached hydrogens (tertiary/aromatic N) is 2. The van der Waals surface area contributed by atoms with E-state index in [4.69, 9.17) is 13.9 Å². The first-order valence-corrected chi connectivity index (χ1v) is 11.0. The van der Waals surface area contributed by atoms with Crippen molar-refractivity contribution in [2.45, 2.75) is 13.5 Å². The highest BCUT2D eigenvalue weighted by Gasteiger charge is 2.14. The molecule has 5 rings (SSSR count). The van der Waals surface area contributed by atoms with Gasteiger partial charge >= 0.3 is 0 Å². The Morgan fingerprint density at radius 2 is 1.79 bits per heavy atom. The Kier molecular flexibility index (Phi) is 6.09. The number of ether oxygens (including phenoxy) is 2. The maximum Gasteiger partial charge on any atom is 0.230 e. The van der Waals surface area contributed by atoms with Crippen LogP contribution in [0.25, 0.3) is 21.9 Å². The van der Waals surface area contributed by atoms with Crippen LogP contribution in [0.1, 0.15) is 18.1 Å². The summed E-state index contributed by atoms with van der Waals surface area (Å²) in [5.41, 5.74) is 5.22. The quantitative estimate of drug-likeness (QED) is 0.176. The molecule has 0 atom stereocenters. The Morgan fingerprint density at radius 3 is 2.68 bits per heavy atom. The first kappa shape index (κ1) is 21.5. The van der Waals surface area contributed by atoms with Gasteiger partial charge in [0, 0.05) is 22.5 Å². The van der Waals surface area contributed by atoms with E-state index in [9.17, 15) is 5.21 Å². The van der Waals surface area contributed by atoms with Crippen LogP contribution in [0.2, 0.25) is 0 Å². The van der Waals surface area contributed by atoms with Crippen LogP contribution in [0, 0.1) is 0 Å². The van der Waals surface area contributed by atoms with E-state index in [2.05, 4.69) is 15.5 Å². The maximum absolute atomic E-state index is 9.84. The SMILES string of the molecule is CCOc1ccccc1CN=C(NO)c1cccnc1Oc1ccc2oc3ccccc3c2c1. The molecule has 7 heteroatoms. The zero-order valence-electron chi connectivity index (χ0n) is 18.6. The van der Waals surface area contributed by atoms with Crippen LogP contribution in [-0.2, 0) is 6.54 Å². The molecule has 0 saturated heterocycles. The van der Waals surface area contributed by atoms with Crippen molar-refractivity contribution in [2.24, 2.45) is 4.99 Å². The number of para-hydroxylation sites is 2. The summed E-state index contributed by atoms with van der Waals surface area (Å²) in [6.45, 7) is 2.80. The fourth-order valence-electron chi connectivity index (χ4n) is 3.81. The van der Waals surface area contributed by atoms with Gasteiger partial charge < -0.3 is 13.9 Å². The van der Waals surface area contributed by atoms with Crippen LogP contribution in [-0.4, -0.2) is 22.6 Å². The van der Waals surface area contributed by atoms with Gasteiger partial charge in [-0.25, -0.2) is 4.98 Å². The lowest BCUT2D eigenvalue weighted by molar-refractivity contribution is 0.234. The maximum atomic E-state index is 9.84. The van der Waals surface area contributed by atoms with Crippen molar-refractivity contribution in [1.82, 2.24) is 10.5 Å². The predicted octanol–water partition coefficient (Wildman–Crippen LogP) is 6.10. The number of rotatable bonds is 7. The molecule has 0 amide bonds. The van der Waals surface area contributed by atoms with Gasteiger partial charge in [0.1, 0.15) is 22.7 Å². The zero-order chi connectivity index (χ0) is 23.3. The summed E-state index contributed by atoms with van der Waals surface area (Å²) in [5, 5.41) is 11.8. The van der Waals surface area contributed by atoms with E-state index in [1.165, 1.54) is 0 Å². The number of pyridine rings is 1. The van der Waals surface area contributed by atoms with Gasteiger partial charge in [-0.15, -0.1) is 0 Å². The number of aliphatic imine (C=N–C) groups is 1. The monoisotopic (exact) mass is 453 g/mol. The fourth-order valence-corrected chi connectivity index (χ4v) is 3.81. The minimum Gasteiger partial charge on any atom is -0.494 e. The molecular formula is C27H23N3O4. The summed E-state index contributed by atoms with van der Waals surface area (Å²) < 4.78 is 17.7. The first-order chi connectivity index (χ1) is 16.8. The fraction of sp³-hybridized carbons (Fsp3) is 0.111. The second-order valence-electron chi connectivity index (χ2n) is 7.53. The van der Waals surface area contributed by atoms with Gasteiger partial charge in [-0.1, -0.05) is 36.4 Å². The molecule has 0 saturated carbocycles. The van der Waals surface area contributed by atoms with Gasteiger partial charge in [0.05, 0.1) is 18.7 Å². The lowest BCUT2D eigenvalue weighted by atomic mass is 10.1. The molecule has 34 heavy (non-hydrogen) atoms. The molecule has 2 N–H and O–H groups in total. The summed E-state index contributed by atoms with van der Waals surface area (Å²) in [4.78, 5) is 8.92. The third-order valence-electron chi connectivity index (χ3n) is 5.37. The van der Waals surface area contributed by atoms with Crippen LogP contribution in [0.15, 0.2) is 94.5 Å². The van der Waals surface area contributed by atoms with Crippen LogP contribution in [0.4, 0.5) is 0 Å². The highest BCUT2D eigenvalue weighted by Crippen LogP contribution is 2.33. The highest BCUT2D eigenvalue weighted by atomic mass is 16.5. The molecule has 0 aliphatic heterocycles. The van der Waals surface area contributed by atoms with E-state index in [-0.39, 0.29) is 5.84 Å². The third-order valence-corrected chi connectivity index (χ3v) is 5.37. The molecule has 3 aromatic carbocycles. The van der Waals surface area contributed by atoms with E-state index in [0.717, 1.165) is 33.3 Å². The molecule has 0 fully saturated rings. The van der Waals surface area contributed by atoms with E-state index in [0.29, 0.717) is 30.3 Å². The minimum atomic E-state index is 0.240. The second kappa shape index (κ2) is 9.64. The molecule has 2 heterocycles. The molecule has 2 aromatic heterocycles. The summed E-state index contributed by atoms with van der Waals surface area (Å²) in [6.07, 6.45) is 1.63. The number of furan rings is 1. The molecule has 0 unspecified atom stereocenters. The van der Waals surface area contributed by atoms with E-state index in [1.807, 2.05) is 73.7 Å². The summed E-state index contributed by atoms with van der Waals surface area (Å²) in [5.74, 6) is 1.91. The summed E-state index contributed by atoms with van der Waals surface area (Å²) in [7, 11) is 0. The molecule has 0 spiro atoms. The second-order valence-corrected chi connectivity index (χ2v) is 7.53. The molecule has 0 aliphatic rings. The minimum absolute atomic E-state index is 0.240. The summed E-state index contributed by atoms with van der Waals surface area (Å²) >= 11 is 0. The van der Waals surface area contributed by atoms with Gasteiger partial charge in [0.15, 0.2) is 5.84 Å². The highest BCUT2D eigenvalue weighted by molar-refractivity contribution is 6.05. The van der Waals surface area contributed by atoms with E-state index < -0.39 is 0 Å². The number of nitrogens with one attached hydrogen (secondary N) is 1. The third kappa shape index (κ3) is 4.29. The van der Waals surface area contributed by atoms with Crippen LogP contribution in [0.5, 0.6) is 17.4 Å². The Labute approximate surface area is 196 Å². The number of hydrogen-bond acceptors (Lipinski definition) is 6. The molecule has 5 aromatic rings. The van der Waals surface area contributed by atoms with Crippen LogP contribution >= 0.6 is 0 Å². The van der Waals surface area contributed by atoms with Gasteiger partial charge in [0.25, 0.3) is 0 Å². The van der Waals surface area contributed by atoms with Gasteiger partial charge in [-0.3, -0.25) is 15.7 Å². The van der Waals surface area contributed by atoms with Gasteiger partial charge in [-0.05, 0) is 49.4 Å². The lowest BCUT2D eigenvalue weighted by Gasteiger charge is -2.12. The number of hydroxylamine groups is 1. The van der Waals surface area contributed by atoms with Gasteiger partial charge in [-0.2, -0.15) is 0 Å². The van der Waals surface area contributed by atoms with Crippen LogP contribution < -0.4 is 15.0 Å². The lowest BCUT2D eigenvalue weighted by Crippen LogP contribution is -2.21. The largest absolute Gasteiger partial charge is 0.494 e. The predicted molar refractivity (Wildman–Crippen MR) is 131 cm³/mol. The topological polar surface area (TPSA) is 89.1 Å². The summed E-state index contributed by atoms with van der Waals surface area (Å²) in [6, 6.07) is 24.7. The molecule has 0 bridgehead atoms. The molecule has 170 valence electrons. The van der Waals surface area contributed by atoms with E-state index >= 15 is 0 Å². The number of aromatic nitrogens is 1. The van der Waals surface area contributed by atoms with Crippen molar-refractivity contribution in [2.75, 3.05) is 6.61 Å². The molecule has 0 radical (unpaired) electrons. The zero-order valence-corrected chi connectivity index (χ0v) is 18.6. The van der Waals surface area contributed by atoms with Crippen molar-refractivity contribution >= 4 is 27.8 Å². The van der Waals surface area contributed by atoms with Gasteiger partial charge in [0.2, 0.25) is 5.88 Å². The number of fused-ring (bicyclic) bond motifs is 3. The van der Waals surface area contributed by atoms with Crippen molar-refractivity contribution in [3.05, 3.63) is 96.2 Å². The molecular weight excluding hydrogens is 430 g/mol. The van der Waals surface area contributed by atoms with Crippen LogP contribution in [0.3, 0.4) is 0 Å². The van der Waals surface area contributed by atoms with Crippen molar-refractivity contribution in [3.63, 3.8) is 0 Å². The smallest absolute Gasteiger partial charge is 0.230 e. The number of benzene rings is 3. The Hall–Kier alpha value is -4.36. The van der Waals surface area contributed by atoms with Crippen molar-refractivity contribution in [1.29, 1.82) is 0 Å². The Bertz CT molecular complexity index is 1480. The van der Waals surface area contributed by atoms with Crippen molar-refractivity contribution < 1.29 is 19.1 Å². The average molecular weight is 453 g/mol. The van der Waals surface area contributed by atoms with Crippen molar-refractivity contribution in [3.8, 4) is 17.4 Å². The molecule has 7 nitrogen and oxygen atoms in total. The standard InChI is InChI=1S/C27H23N3O4/c1-2-32-23-11-5-3-8-18(23)17-29-26(30-31)21-10-7-15-28-27(21)33-19-13-14-25-22(16-19)20-9-4-6-12-24(20)34-25/h3-16,31H,2,17H2,1H3,(H,29,30). The number of amidine groups is 1. The van der Waals surface area contributed by atoms with E-state index in [1.54, 1.807) is 18.3 Å². The Balaban J connectivity index is 1.46. The average Bonchev–Trinajstić information content (AvgIpc) is 3.24. The normalized spacial score (nSPS) is 11.6. The number of hydrogen-bond donors (Lipinski definition) is 2. The Morgan fingerprint density at radius 1 is 0.971 bits per heavy atom.